The first kappa shape index (κ1) is 24.6. The van der Waals surface area contributed by atoms with Crippen molar-refractivity contribution in [3.63, 3.8) is 0 Å². The van der Waals surface area contributed by atoms with Crippen LogP contribution in [0.3, 0.4) is 0 Å². The molecule has 1 heterocycles. The van der Waals surface area contributed by atoms with Gasteiger partial charge in [-0.25, -0.2) is 4.98 Å². The van der Waals surface area contributed by atoms with Crippen molar-refractivity contribution in [1.29, 1.82) is 0 Å². The molecule has 4 aromatic carbocycles. The average molecular weight is 529 g/mol. The zero-order valence-corrected chi connectivity index (χ0v) is 21.3. The Morgan fingerprint density at radius 2 is 1.62 bits per heavy atom. The quantitative estimate of drug-likeness (QED) is 0.161. The van der Waals surface area contributed by atoms with Gasteiger partial charge < -0.3 is 16.0 Å². The van der Waals surface area contributed by atoms with Crippen LogP contribution in [-0.2, 0) is 6.42 Å². The molecule has 0 radical (unpaired) electrons. The van der Waals surface area contributed by atoms with Gasteiger partial charge in [0.1, 0.15) is 11.3 Å². The molecule has 5 aromatic rings. The van der Waals surface area contributed by atoms with E-state index in [1.54, 1.807) is 48.5 Å². The first-order valence-electron chi connectivity index (χ1n) is 11.5. The normalized spacial score (nSPS) is 11.0. The molecule has 0 aliphatic carbocycles. The molecule has 0 spiro atoms. The molecule has 4 N–H and O–H groups in total. The second kappa shape index (κ2) is 10.1. The third-order valence-corrected chi connectivity index (χ3v) is 6.80. The minimum Gasteiger partial charge on any atom is -0.399 e. The number of aromatic amines is 1. The van der Waals surface area contributed by atoms with Crippen molar-refractivity contribution in [2.24, 2.45) is 0 Å². The lowest BCUT2D eigenvalue weighted by atomic mass is 10.0. The van der Waals surface area contributed by atoms with E-state index in [1.165, 1.54) is 0 Å². The van der Waals surface area contributed by atoms with Gasteiger partial charge in [-0.1, -0.05) is 47.0 Å². The molecule has 5 rings (SSSR count). The number of halogens is 2. The highest BCUT2D eigenvalue weighted by atomic mass is 35.5. The van der Waals surface area contributed by atoms with Crippen molar-refractivity contribution in [1.82, 2.24) is 9.97 Å². The fraction of sp³-hybridized carbons (Fsp3) is 0.0690. The summed E-state index contributed by atoms with van der Waals surface area (Å²) in [4.78, 5) is 33.2. The fourth-order valence-corrected chi connectivity index (χ4v) is 4.47. The number of ketones is 1. The number of aryl methyl sites for hydroxylation is 1. The molecule has 0 saturated carbocycles. The number of imidazole rings is 1. The van der Waals surface area contributed by atoms with Gasteiger partial charge in [0.15, 0.2) is 5.78 Å². The number of Topliss-reactive ketones (excluding diaryl/α,β-unsaturated/α-hetero) is 1. The van der Waals surface area contributed by atoms with Crippen molar-refractivity contribution >= 4 is 57.3 Å². The number of rotatable bonds is 6. The van der Waals surface area contributed by atoms with Crippen LogP contribution in [-0.4, -0.2) is 21.7 Å². The number of anilines is 2. The summed E-state index contributed by atoms with van der Waals surface area (Å²) in [6, 6.07) is 23.0. The Hall–Kier alpha value is -4.13. The Balaban J connectivity index is 1.37. The lowest BCUT2D eigenvalue weighted by Crippen LogP contribution is -2.12. The molecule has 0 aliphatic heterocycles. The van der Waals surface area contributed by atoms with Crippen molar-refractivity contribution < 1.29 is 9.59 Å². The zero-order valence-electron chi connectivity index (χ0n) is 19.8. The van der Waals surface area contributed by atoms with Crippen molar-refractivity contribution in [3.05, 3.63) is 111 Å². The van der Waals surface area contributed by atoms with E-state index < -0.39 is 0 Å². The number of nitrogens with one attached hydrogen (secondary N) is 2. The van der Waals surface area contributed by atoms with Gasteiger partial charge >= 0.3 is 0 Å². The van der Waals surface area contributed by atoms with E-state index in [9.17, 15) is 9.59 Å². The molecule has 8 heteroatoms. The molecular weight excluding hydrogens is 507 g/mol. The summed E-state index contributed by atoms with van der Waals surface area (Å²) in [6.07, 6.45) is 0.141. The number of benzene rings is 4. The van der Waals surface area contributed by atoms with E-state index in [1.807, 2.05) is 37.3 Å². The van der Waals surface area contributed by atoms with Crippen molar-refractivity contribution in [3.8, 4) is 11.4 Å². The Bertz CT molecular complexity index is 1640. The third kappa shape index (κ3) is 5.21. The Morgan fingerprint density at radius 1 is 0.919 bits per heavy atom. The number of nitrogen functional groups attached to an aromatic ring is 1. The van der Waals surface area contributed by atoms with Crippen LogP contribution in [0.5, 0.6) is 0 Å². The van der Waals surface area contributed by atoms with Gasteiger partial charge in [0.05, 0.1) is 21.2 Å². The van der Waals surface area contributed by atoms with Crippen LogP contribution in [0.4, 0.5) is 11.4 Å². The number of hydrogen-bond donors (Lipinski definition) is 3. The molecule has 0 unspecified atom stereocenters. The van der Waals surface area contributed by atoms with Crippen molar-refractivity contribution in [2.75, 3.05) is 11.1 Å². The maximum absolute atomic E-state index is 12.7. The highest BCUT2D eigenvalue weighted by Crippen LogP contribution is 2.32. The third-order valence-electron chi connectivity index (χ3n) is 6.06. The Morgan fingerprint density at radius 3 is 2.32 bits per heavy atom. The number of carbonyl (C=O) groups excluding carboxylic acids is 2. The maximum atomic E-state index is 12.7. The summed E-state index contributed by atoms with van der Waals surface area (Å²) >= 11 is 13.1. The van der Waals surface area contributed by atoms with Crippen LogP contribution in [0.25, 0.3) is 22.4 Å². The lowest BCUT2D eigenvalue weighted by molar-refractivity contribution is 0.0991. The van der Waals surface area contributed by atoms with Crippen LogP contribution in [0.1, 0.15) is 31.8 Å². The summed E-state index contributed by atoms with van der Waals surface area (Å²) in [5, 5.41) is 3.63. The molecule has 0 saturated heterocycles. The second-order valence-corrected chi connectivity index (χ2v) is 9.54. The van der Waals surface area contributed by atoms with Gasteiger partial charge in [-0.2, -0.15) is 0 Å². The predicted molar refractivity (Wildman–Crippen MR) is 150 cm³/mol. The first-order chi connectivity index (χ1) is 17.8. The topological polar surface area (TPSA) is 101 Å². The maximum Gasteiger partial charge on any atom is 0.255 e. The van der Waals surface area contributed by atoms with E-state index in [0.29, 0.717) is 49.5 Å². The summed E-state index contributed by atoms with van der Waals surface area (Å²) < 4.78 is 0. The highest BCUT2D eigenvalue weighted by molar-refractivity contribution is 6.36. The van der Waals surface area contributed by atoms with Gasteiger partial charge in [0, 0.05) is 28.8 Å². The predicted octanol–water partition coefficient (Wildman–Crippen LogP) is 7.11. The number of amides is 1. The minimum atomic E-state index is -0.244. The molecule has 0 bridgehead atoms. The molecule has 1 aromatic heterocycles. The number of aromatic nitrogens is 2. The summed E-state index contributed by atoms with van der Waals surface area (Å²) in [6.45, 7) is 1.96. The molecule has 0 fully saturated rings. The van der Waals surface area contributed by atoms with E-state index in [4.69, 9.17) is 28.9 Å². The lowest BCUT2D eigenvalue weighted by Gasteiger charge is -2.09. The summed E-state index contributed by atoms with van der Waals surface area (Å²) in [7, 11) is 0. The number of nitrogens with two attached hydrogens (primary N) is 1. The smallest absolute Gasteiger partial charge is 0.255 e. The van der Waals surface area contributed by atoms with E-state index >= 15 is 0 Å². The molecule has 184 valence electrons. The molecule has 0 aliphatic rings. The van der Waals surface area contributed by atoms with Crippen LogP contribution in [0.2, 0.25) is 10.0 Å². The SMILES string of the molecule is Cc1ccc(C(=O)Nc2ccc(-c3nc4c(Cl)c(CC(=O)c5ccc(N)cc5)ccc4[nH]3)cc2Cl)cc1. The largest absolute Gasteiger partial charge is 0.399 e. The minimum absolute atomic E-state index is 0.0629. The molecule has 6 nitrogen and oxygen atoms in total. The van der Waals surface area contributed by atoms with Gasteiger partial charge in [0.25, 0.3) is 5.91 Å². The Kier molecular flexibility index (Phi) is 6.70. The number of carbonyl (C=O) groups is 2. The monoisotopic (exact) mass is 528 g/mol. The number of H-pyrrole nitrogens is 1. The molecule has 0 atom stereocenters. The van der Waals surface area contributed by atoms with Gasteiger partial charge in [0.2, 0.25) is 0 Å². The Labute approximate surface area is 223 Å². The number of nitrogens with zero attached hydrogens (tertiary/aromatic N) is 1. The average Bonchev–Trinajstić information content (AvgIpc) is 3.33. The molecular formula is C29H22Cl2N4O2. The molecule has 37 heavy (non-hydrogen) atoms. The summed E-state index contributed by atoms with van der Waals surface area (Å²) in [5.74, 6) is 0.260. The van der Waals surface area contributed by atoms with E-state index in [2.05, 4.69) is 15.3 Å². The second-order valence-electron chi connectivity index (χ2n) is 8.76. The van der Waals surface area contributed by atoms with Gasteiger partial charge in [-0.05, 0) is 73.2 Å². The van der Waals surface area contributed by atoms with Crippen molar-refractivity contribution in [2.45, 2.75) is 13.3 Å². The zero-order chi connectivity index (χ0) is 26.1. The van der Waals surface area contributed by atoms with Crippen LogP contribution in [0.15, 0.2) is 78.9 Å². The summed E-state index contributed by atoms with van der Waals surface area (Å²) in [5.41, 5.74) is 11.7. The van der Waals surface area contributed by atoms with Crippen LogP contribution < -0.4 is 11.1 Å². The van der Waals surface area contributed by atoms with Gasteiger partial charge in [-0.3, -0.25) is 9.59 Å². The van der Waals surface area contributed by atoms with Crippen LogP contribution >= 0.6 is 23.2 Å². The van der Waals surface area contributed by atoms with Gasteiger partial charge in [-0.15, -0.1) is 0 Å². The molecule has 1 amide bonds. The number of hydrogen-bond acceptors (Lipinski definition) is 4. The first-order valence-corrected chi connectivity index (χ1v) is 12.3. The number of fused-ring (bicyclic) bond motifs is 1. The highest BCUT2D eigenvalue weighted by Gasteiger charge is 2.16. The van der Waals surface area contributed by atoms with E-state index in [0.717, 1.165) is 16.6 Å². The van der Waals surface area contributed by atoms with E-state index in [-0.39, 0.29) is 18.1 Å². The standard InChI is InChI=1S/C29H22Cl2N4O2/c1-16-2-4-18(5-3-16)29(37)34-23-12-9-20(14-22(23)30)28-33-24-13-8-19(26(31)27(24)35-28)15-25(36)17-6-10-21(32)11-7-17/h2-14H,15,32H2,1H3,(H,33,35)(H,34,37). The fourth-order valence-electron chi connectivity index (χ4n) is 3.96. The van der Waals surface area contributed by atoms with Crippen LogP contribution in [0, 0.1) is 6.92 Å².